The topological polar surface area (TPSA) is 104 Å². The van der Waals surface area contributed by atoms with Crippen LogP contribution in [0.25, 0.3) is 0 Å². The first kappa shape index (κ1) is 17.0. The Morgan fingerprint density at radius 2 is 2.05 bits per heavy atom. The number of aromatic nitrogens is 2. The van der Waals surface area contributed by atoms with Crippen LogP contribution in [0.5, 0.6) is 0 Å². The Kier molecular flexibility index (Phi) is 5.58. The number of alkyl carbamates (subject to hydrolysis) is 1. The van der Waals surface area contributed by atoms with Crippen molar-refractivity contribution in [2.45, 2.75) is 38.8 Å². The summed E-state index contributed by atoms with van der Waals surface area (Å²) in [4.78, 5) is 29.7. The summed E-state index contributed by atoms with van der Waals surface area (Å²) in [7, 11) is 0. The number of rotatable bonds is 4. The third-order valence-corrected chi connectivity index (χ3v) is 3.13. The molecule has 0 aliphatic heterocycles. The van der Waals surface area contributed by atoms with E-state index in [9.17, 15) is 9.59 Å². The second kappa shape index (κ2) is 6.57. The largest absolute Gasteiger partial charge is 0.480 e. The predicted molar refractivity (Wildman–Crippen MR) is 78.5 cm³/mol. The number of carbonyl (C=O) groups is 2. The van der Waals surface area contributed by atoms with E-state index in [0.717, 1.165) is 0 Å². The van der Waals surface area contributed by atoms with E-state index in [2.05, 4.69) is 47.1 Å². The zero-order valence-corrected chi connectivity index (χ0v) is 14.3. The van der Waals surface area contributed by atoms with Crippen molar-refractivity contribution < 1.29 is 19.4 Å². The monoisotopic (exact) mass is 411 g/mol. The van der Waals surface area contributed by atoms with Crippen molar-refractivity contribution in [1.29, 1.82) is 0 Å². The minimum atomic E-state index is -1.16. The van der Waals surface area contributed by atoms with Crippen molar-refractivity contribution in [3.63, 3.8) is 0 Å². The van der Waals surface area contributed by atoms with Gasteiger partial charge in [0.1, 0.15) is 16.2 Å². The first-order chi connectivity index (χ1) is 9.08. The van der Waals surface area contributed by atoms with Gasteiger partial charge in [-0.05, 0) is 52.6 Å². The molecule has 0 unspecified atom stereocenters. The SMILES string of the molecule is CC(C)(C)OC(=O)N[C@@H](Cc1[nH]c(Br)nc1Br)C(=O)O. The number of halogens is 2. The van der Waals surface area contributed by atoms with Crippen LogP contribution in [0.2, 0.25) is 0 Å². The number of hydrogen-bond donors (Lipinski definition) is 3. The van der Waals surface area contributed by atoms with Crippen LogP contribution in [0.1, 0.15) is 26.5 Å². The van der Waals surface area contributed by atoms with Gasteiger partial charge in [-0.1, -0.05) is 0 Å². The molecule has 1 aromatic rings. The van der Waals surface area contributed by atoms with Gasteiger partial charge in [-0.2, -0.15) is 0 Å². The fourth-order valence-electron chi connectivity index (χ4n) is 1.35. The van der Waals surface area contributed by atoms with Gasteiger partial charge in [0, 0.05) is 6.42 Å². The lowest BCUT2D eigenvalue weighted by atomic mass is 10.1. The van der Waals surface area contributed by atoms with E-state index < -0.39 is 23.7 Å². The summed E-state index contributed by atoms with van der Waals surface area (Å²) in [6.07, 6.45) is -0.729. The number of aliphatic carboxylic acids is 1. The molecule has 0 bridgehead atoms. The Bertz CT molecular complexity index is 510. The molecular formula is C11H15Br2N3O4. The van der Waals surface area contributed by atoms with Crippen LogP contribution in [-0.4, -0.2) is 38.8 Å². The maximum absolute atomic E-state index is 11.6. The van der Waals surface area contributed by atoms with Crippen LogP contribution in [0.4, 0.5) is 4.79 Å². The van der Waals surface area contributed by atoms with E-state index >= 15 is 0 Å². The van der Waals surface area contributed by atoms with Crippen molar-refractivity contribution in [3.05, 3.63) is 15.0 Å². The number of carbonyl (C=O) groups excluding carboxylic acids is 1. The molecule has 0 spiro atoms. The van der Waals surface area contributed by atoms with E-state index in [0.29, 0.717) is 15.0 Å². The molecule has 0 saturated heterocycles. The lowest BCUT2D eigenvalue weighted by Gasteiger charge is -2.21. The van der Waals surface area contributed by atoms with E-state index in [1.807, 2.05) is 0 Å². The lowest BCUT2D eigenvalue weighted by Crippen LogP contribution is -2.44. The molecule has 7 nitrogen and oxygen atoms in total. The number of carboxylic acid groups (broad SMARTS) is 1. The quantitative estimate of drug-likeness (QED) is 0.704. The van der Waals surface area contributed by atoms with Crippen molar-refractivity contribution >= 4 is 43.9 Å². The molecule has 0 radical (unpaired) electrons. The summed E-state index contributed by atoms with van der Waals surface area (Å²) >= 11 is 6.34. The van der Waals surface area contributed by atoms with E-state index in [-0.39, 0.29) is 6.42 Å². The number of aromatic amines is 1. The van der Waals surface area contributed by atoms with Crippen LogP contribution in [0.15, 0.2) is 9.34 Å². The van der Waals surface area contributed by atoms with Crippen LogP contribution >= 0.6 is 31.9 Å². The Balaban J connectivity index is 2.73. The van der Waals surface area contributed by atoms with E-state index in [1.54, 1.807) is 20.8 Å². The van der Waals surface area contributed by atoms with Gasteiger partial charge in [0.2, 0.25) is 0 Å². The van der Waals surface area contributed by atoms with Gasteiger partial charge in [0.15, 0.2) is 4.73 Å². The third kappa shape index (κ3) is 5.49. The molecule has 1 aromatic heterocycles. The number of amides is 1. The minimum absolute atomic E-state index is 0.0494. The Labute approximate surface area is 132 Å². The van der Waals surface area contributed by atoms with Crippen LogP contribution in [-0.2, 0) is 16.0 Å². The smallest absolute Gasteiger partial charge is 0.408 e. The zero-order valence-electron chi connectivity index (χ0n) is 11.2. The van der Waals surface area contributed by atoms with E-state index in [1.165, 1.54) is 0 Å². The standard InChI is InChI=1S/C11H15Br2N3O4/c1-11(2,3)20-10(19)15-6(8(17)18)4-5-7(12)16-9(13)14-5/h6H,4H2,1-3H3,(H,14,16)(H,15,19)(H,17,18)/t6-/m0/s1. The van der Waals surface area contributed by atoms with Gasteiger partial charge in [0.05, 0.1) is 5.69 Å². The minimum Gasteiger partial charge on any atom is -0.480 e. The normalized spacial score (nSPS) is 12.8. The fraction of sp³-hybridized carbons (Fsp3) is 0.545. The highest BCUT2D eigenvalue weighted by atomic mass is 79.9. The number of ether oxygens (including phenoxy) is 1. The number of imidazole rings is 1. The summed E-state index contributed by atoms with van der Waals surface area (Å²) in [5, 5.41) is 11.5. The molecule has 1 rings (SSSR count). The first-order valence-electron chi connectivity index (χ1n) is 5.70. The van der Waals surface area contributed by atoms with Crippen molar-refractivity contribution in [2.24, 2.45) is 0 Å². The molecule has 0 aromatic carbocycles. The fourth-order valence-corrected chi connectivity index (χ4v) is 2.44. The second-order valence-electron chi connectivity index (χ2n) is 5.04. The predicted octanol–water partition coefficient (Wildman–Crippen LogP) is 2.46. The van der Waals surface area contributed by atoms with Gasteiger partial charge in [0.25, 0.3) is 0 Å². The molecule has 0 fully saturated rings. The molecular weight excluding hydrogens is 398 g/mol. The van der Waals surface area contributed by atoms with Gasteiger partial charge in [-0.15, -0.1) is 0 Å². The Morgan fingerprint density at radius 1 is 1.45 bits per heavy atom. The molecule has 3 N–H and O–H groups in total. The number of carboxylic acids is 1. The second-order valence-corrected chi connectivity index (χ2v) is 6.54. The average Bonchev–Trinajstić information content (AvgIpc) is 2.53. The molecule has 0 saturated carbocycles. The maximum atomic E-state index is 11.6. The Morgan fingerprint density at radius 3 is 2.45 bits per heavy atom. The van der Waals surface area contributed by atoms with Crippen LogP contribution in [0, 0.1) is 0 Å². The van der Waals surface area contributed by atoms with Crippen molar-refractivity contribution in [3.8, 4) is 0 Å². The van der Waals surface area contributed by atoms with Gasteiger partial charge in [-0.3, -0.25) is 0 Å². The van der Waals surface area contributed by atoms with Crippen LogP contribution in [0.3, 0.4) is 0 Å². The van der Waals surface area contributed by atoms with Crippen molar-refractivity contribution in [2.75, 3.05) is 0 Å². The number of H-pyrrole nitrogens is 1. The summed E-state index contributed by atoms with van der Waals surface area (Å²) < 4.78 is 5.99. The first-order valence-corrected chi connectivity index (χ1v) is 7.29. The van der Waals surface area contributed by atoms with Gasteiger partial charge < -0.3 is 20.1 Å². The van der Waals surface area contributed by atoms with Crippen molar-refractivity contribution in [1.82, 2.24) is 15.3 Å². The molecule has 1 amide bonds. The highest BCUT2D eigenvalue weighted by molar-refractivity contribution is 9.11. The van der Waals surface area contributed by atoms with Gasteiger partial charge >= 0.3 is 12.1 Å². The highest BCUT2D eigenvalue weighted by Crippen LogP contribution is 2.18. The summed E-state index contributed by atoms with van der Waals surface area (Å²) in [5.74, 6) is -1.16. The Hall–Kier alpha value is -1.09. The molecule has 9 heteroatoms. The highest BCUT2D eigenvalue weighted by Gasteiger charge is 2.25. The summed E-state index contributed by atoms with van der Waals surface area (Å²) in [6.45, 7) is 5.10. The third-order valence-electron chi connectivity index (χ3n) is 2.10. The number of nitrogens with zero attached hydrogens (tertiary/aromatic N) is 1. The average molecular weight is 413 g/mol. The van der Waals surface area contributed by atoms with E-state index in [4.69, 9.17) is 9.84 Å². The number of hydrogen-bond acceptors (Lipinski definition) is 4. The summed E-state index contributed by atoms with van der Waals surface area (Å²) in [5.41, 5.74) is -0.134. The molecule has 0 aliphatic carbocycles. The van der Waals surface area contributed by atoms with Crippen LogP contribution < -0.4 is 5.32 Å². The summed E-state index contributed by atoms with van der Waals surface area (Å²) in [6, 6.07) is -1.12. The van der Waals surface area contributed by atoms with Gasteiger partial charge in [-0.25, -0.2) is 14.6 Å². The molecule has 1 heterocycles. The molecule has 0 aliphatic rings. The maximum Gasteiger partial charge on any atom is 0.408 e. The zero-order chi connectivity index (χ0) is 15.5. The number of nitrogens with one attached hydrogen (secondary N) is 2. The lowest BCUT2D eigenvalue weighted by molar-refractivity contribution is -0.139. The molecule has 1 atom stereocenters. The molecule has 20 heavy (non-hydrogen) atoms. The molecule has 112 valence electrons.